The lowest BCUT2D eigenvalue weighted by molar-refractivity contribution is 0.0601. The van der Waals surface area contributed by atoms with Crippen molar-refractivity contribution < 1.29 is 9.53 Å². The number of aromatic nitrogens is 2. The number of methoxy groups -OCH3 is 1. The van der Waals surface area contributed by atoms with E-state index in [2.05, 4.69) is 10.2 Å². The summed E-state index contributed by atoms with van der Waals surface area (Å²) in [5.74, 6) is 1.20. The number of ether oxygens (including phenoxy) is 1. The highest BCUT2D eigenvalue weighted by atomic mass is 32.1. The van der Waals surface area contributed by atoms with Crippen LogP contribution in [0.25, 0.3) is 11.0 Å². The fourth-order valence-electron chi connectivity index (χ4n) is 3.57. The van der Waals surface area contributed by atoms with Gasteiger partial charge in [0.05, 0.1) is 23.7 Å². The molecule has 0 unspecified atom stereocenters. The minimum Gasteiger partial charge on any atom is -0.465 e. The predicted octanol–water partition coefficient (Wildman–Crippen LogP) is 4.83. The number of nitrogens with one attached hydrogen (secondary N) is 1. The van der Waals surface area contributed by atoms with Crippen molar-refractivity contribution in [1.82, 2.24) is 9.97 Å². The summed E-state index contributed by atoms with van der Waals surface area (Å²) in [5, 5.41) is 4.16. The number of aryl methyl sites for hydroxylation is 1. The summed E-state index contributed by atoms with van der Waals surface area (Å²) >= 11 is 1.54. The zero-order valence-corrected chi connectivity index (χ0v) is 17.2. The molecule has 0 aliphatic carbocycles. The SMILES string of the molecule is COC(=O)c1c(Nc2nc3ccccc3nc2N2CCCCC2)sc(C)c1C. The molecule has 0 radical (unpaired) electrons. The van der Waals surface area contributed by atoms with Gasteiger partial charge >= 0.3 is 5.97 Å². The topological polar surface area (TPSA) is 67.3 Å². The van der Waals surface area contributed by atoms with E-state index < -0.39 is 0 Å². The third-order valence-electron chi connectivity index (χ3n) is 5.21. The summed E-state index contributed by atoms with van der Waals surface area (Å²) in [6, 6.07) is 7.88. The molecule has 3 heterocycles. The Morgan fingerprint density at radius 2 is 1.79 bits per heavy atom. The zero-order chi connectivity index (χ0) is 19.7. The van der Waals surface area contributed by atoms with Crippen LogP contribution in [0.1, 0.15) is 40.1 Å². The maximum Gasteiger partial charge on any atom is 0.341 e. The largest absolute Gasteiger partial charge is 0.465 e. The van der Waals surface area contributed by atoms with E-state index in [4.69, 9.17) is 14.7 Å². The molecule has 0 saturated carbocycles. The number of piperidine rings is 1. The lowest BCUT2D eigenvalue weighted by Crippen LogP contribution is -2.31. The molecule has 1 fully saturated rings. The van der Waals surface area contributed by atoms with Gasteiger partial charge < -0.3 is 15.0 Å². The molecule has 4 rings (SSSR count). The highest BCUT2D eigenvalue weighted by Crippen LogP contribution is 2.37. The second kappa shape index (κ2) is 7.75. The van der Waals surface area contributed by atoms with Crippen molar-refractivity contribution in [2.24, 2.45) is 0 Å². The second-order valence-corrected chi connectivity index (χ2v) is 8.26. The van der Waals surface area contributed by atoms with E-state index >= 15 is 0 Å². The third kappa shape index (κ3) is 3.42. The normalized spacial score (nSPS) is 14.3. The summed E-state index contributed by atoms with van der Waals surface area (Å²) in [7, 11) is 1.41. The van der Waals surface area contributed by atoms with Gasteiger partial charge in [-0.05, 0) is 50.8 Å². The summed E-state index contributed by atoms with van der Waals surface area (Å²) < 4.78 is 5.01. The summed E-state index contributed by atoms with van der Waals surface area (Å²) in [5.41, 5.74) is 3.22. The monoisotopic (exact) mass is 396 g/mol. The smallest absolute Gasteiger partial charge is 0.341 e. The summed E-state index contributed by atoms with van der Waals surface area (Å²) in [6.45, 7) is 5.89. The van der Waals surface area contributed by atoms with E-state index in [9.17, 15) is 4.79 Å². The van der Waals surface area contributed by atoms with Gasteiger partial charge in [0.1, 0.15) is 5.00 Å². The Morgan fingerprint density at radius 1 is 1.11 bits per heavy atom. The molecule has 0 spiro atoms. The molecule has 1 saturated heterocycles. The number of para-hydroxylation sites is 2. The first-order valence-corrected chi connectivity index (χ1v) is 10.4. The van der Waals surface area contributed by atoms with Gasteiger partial charge in [-0.3, -0.25) is 0 Å². The van der Waals surface area contributed by atoms with E-state index in [1.54, 1.807) is 11.3 Å². The number of hydrogen-bond donors (Lipinski definition) is 1. The van der Waals surface area contributed by atoms with Crippen LogP contribution in [-0.2, 0) is 4.74 Å². The molecule has 1 aromatic carbocycles. The highest BCUT2D eigenvalue weighted by Gasteiger charge is 2.24. The van der Waals surface area contributed by atoms with Crippen LogP contribution in [0.4, 0.5) is 16.6 Å². The molecular formula is C21H24N4O2S. The highest BCUT2D eigenvalue weighted by molar-refractivity contribution is 7.16. The summed E-state index contributed by atoms with van der Waals surface area (Å²) in [6.07, 6.45) is 3.55. The molecule has 1 N–H and O–H groups in total. The first kappa shape index (κ1) is 18.7. The lowest BCUT2D eigenvalue weighted by atomic mass is 10.1. The lowest BCUT2D eigenvalue weighted by Gasteiger charge is -2.29. The van der Waals surface area contributed by atoms with E-state index in [0.29, 0.717) is 11.4 Å². The Morgan fingerprint density at radius 3 is 2.46 bits per heavy atom. The van der Waals surface area contributed by atoms with Crippen molar-refractivity contribution in [1.29, 1.82) is 0 Å². The van der Waals surface area contributed by atoms with Crippen molar-refractivity contribution in [3.8, 4) is 0 Å². The first-order valence-electron chi connectivity index (χ1n) is 9.55. The Labute approximate surface area is 168 Å². The molecular weight excluding hydrogens is 372 g/mol. The summed E-state index contributed by atoms with van der Waals surface area (Å²) in [4.78, 5) is 25.5. The Hall–Kier alpha value is -2.67. The second-order valence-electron chi connectivity index (χ2n) is 7.04. The molecule has 1 aliphatic rings. The van der Waals surface area contributed by atoms with E-state index in [-0.39, 0.29) is 5.97 Å². The number of esters is 1. The van der Waals surface area contributed by atoms with Gasteiger partial charge in [0.2, 0.25) is 0 Å². The number of hydrogen-bond acceptors (Lipinski definition) is 7. The minimum absolute atomic E-state index is 0.336. The molecule has 28 heavy (non-hydrogen) atoms. The molecule has 6 nitrogen and oxygen atoms in total. The fourth-order valence-corrected chi connectivity index (χ4v) is 4.62. The van der Waals surface area contributed by atoms with Gasteiger partial charge in [0, 0.05) is 18.0 Å². The number of carbonyl (C=O) groups is 1. The number of benzene rings is 1. The number of anilines is 3. The van der Waals surface area contributed by atoms with Crippen LogP contribution in [0.3, 0.4) is 0 Å². The maximum absolute atomic E-state index is 12.4. The van der Waals surface area contributed by atoms with Crippen molar-refractivity contribution in [3.63, 3.8) is 0 Å². The van der Waals surface area contributed by atoms with E-state index in [1.165, 1.54) is 13.5 Å². The van der Waals surface area contributed by atoms with Crippen molar-refractivity contribution in [2.75, 3.05) is 30.4 Å². The molecule has 3 aromatic rings. The van der Waals surface area contributed by atoms with Crippen LogP contribution in [0.5, 0.6) is 0 Å². The van der Waals surface area contributed by atoms with Crippen LogP contribution >= 0.6 is 11.3 Å². The van der Waals surface area contributed by atoms with Gasteiger partial charge in [-0.1, -0.05) is 12.1 Å². The van der Waals surface area contributed by atoms with Gasteiger partial charge in [-0.15, -0.1) is 11.3 Å². The van der Waals surface area contributed by atoms with Crippen LogP contribution in [0.2, 0.25) is 0 Å². The molecule has 146 valence electrons. The van der Waals surface area contributed by atoms with E-state index in [1.807, 2.05) is 38.1 Å². The average Bonchev–Trinajstić information content (AvgIpc) is 3.00. The van der Waals surface area contributed by atoms with Crippen LogP contribution in [0, 0.1) is 13.8 Å². The Balaban J connectivity index is 1.82. The van der Waals surface area contributed by atoms with Gasteiger partial charge in [0.15, 0.2) is 11.6 Å². The number of nitrogens with zero attached hydrogens (tertiary/aromatic N) is 3. The van der Waals surface area contributed by atoms with Crippen LogP contribution in [0.15, 0.2) is 24.3 Å². The zero-order valence-electron chi connectivity index (χ0n) is 16.4. The molecule has 0 amide bonds. The van der Waals surface area contributed by atoms with Crippen molar-refractivity contribution in [3.05, 3.63) is 40.3 Å². The predicted molar refractivity (Wildman–Crippen MR) is 114 cm³/mol. The molecule has 2 aromatic heterocycles. The van der Waals surface area contributed by atoms with Gasteiger partial charge in [0.25, 0.3) is 0 Å². The van der Waals surface area contributed by atoms with Gasteiger partial charge in [-0.25, -0.2) is 14.8 Å². The van der Waals surface area contributed by atoms with Crippen molar-refractivity contribution in [2.45, 2.75) is 33.1 Å². The van der Waals surface area contributed by atoms with Crippen molar-refractivity contribution >= 4 is 45.0 Å². The fraction of sp³-hybridized carbons (Fsp3) is 0.381. The minimum atomic E-state index is -0.336. The average molecular weight is 397 g/mol. The molecule has 1 aliphatic heterocycles. The molecule has 7 heteroatoms. The molecule has 0 bridgehead atoms. The number of thiophene rings is 1. The standard InChI is InChI=1S/C21H24N4O2S/c1-13-14(2)28-20(17(13)21(26)27-3)24-18-19(25-11-7-4-8-12-25)23-16-10-6-5-9-15(16)22-18/h5-6,9-10H,4,7-8,11-12H2,1-3H3,(H,22,24). The number of rotatable bonds is 4. The first-order chi connectivity index (χ1) is 13.6. The quantitative estimate of drug-likeness (QED) is 0.637. The number of carbonyl (C=O) groups excluding carboxylic acids is 1. The van der Waals surface area contributed by atoms with Crippen LogP contribution < -0.4 is 10.2 Å². The maximum atomic E-state index is 12.4. The Kier molecular flexibility index (Phi) is 5.17. The van der Waals surface area contributed by atoms with Crippen LogP contribution in [-0.4, -0.2) is 36.1 Å². The number of fused-ring (bicyclic) bond motifs is 1. The van der Waals surface area contributed by atoms with E-state index in [0.717, 1.165) is 58.2 Å². The molecule has 0 atom stereocenters. The Bertz CT molecular complexity index is 1020. The third-order valence-corrected chi connectivity index (χ3v) is 6.34. The van der Waals surface area contributed by atoms with Gasteiger partial charge in [-0.2, -0.15) is 0 Å².